The van der Waals surface area contributed by atoms with Crippen LogP contribution in [0.25, 0.3) is 0 Å². The molecule has 9 nitrogen and oxygen atoms in total. The molecule has 0 atom stereocenters. The van der Waals surface area contributed by atoms with E-state index in [1.807, 2.05) is 0 Å². The van der Waals surface area contributed by atoms with E-state index in [1.54, 1.807) is 0 Å². The van der Waals surface area contributed by atoms with Crippen molar-refractivity contribution in [2.75, 3.05) is 52.9 Å². The summed E-state index contributed by atoms with van der Waals surface area (Å²) >= 11 is 0. The van der Waals surface area contributed by atoms with Crippen molar-refractivity contribution in [3.8, 4) is 0 Å². The Kier molecular flexibility index (Phi) is 11.1. The predicted molar refractivity (Wildman–Crippen MR) is 95.6 cm³/mol. The molecule has 0 aromatic heterocycles. The molecule has 0 spiro atoms. The second-order valence-corrected chi connectivity index (χ2v) is 6.84. The van der Waals surface area contributed by atoms with Crippen molar-refractivity contribution >= 4 is 11.9 Å². The van der Waals surface area contributed by atoms with Crippen molar-refractivity contribution in [3.05, 3.63) is 24.3 Å². The monoisotopic (exact) mass is 390 g/mol. The highest BCUT2D eigenvalue weighted by molar-refractivity contribution is 5.87. The second-order valence-electron chi connectivity index (χ2n) is 6.84. The molecule has 0 unspecified atom stereocenters. The van der Waals surface area contributed by atoms with Crippen molar-refractivity contribution in [2.45, 2.75) is 13.8 Å². The molecule has 0 aromatic rings. The number of carbonyl (C=O) groups is 2. The Balaban J connectivity index is 5.17. The summed E-state index contributed by atoms with van der Waals surface area (Å²) in [5.74, 6) is -1.37. The first-order chi connectivity index (χ1) is 12.6. The maximum Gasteiger partial charge on any atom is 0.333 e. The molecule has 9 heteroatoms. The minimum absolute atomic E-state index is 0.154. The van der Waals surface area contributed by atoms with Crippen LogP contribution in [-0.2, 0) is 23.8 Å². The molecule has 0 heterocycles. The van der Waals surface area contributed by atoms with E-state index in [-0.39, 0.29) is 37.6 Å². The summed E-state index contributed by atoms with van der Waals surface area (Å²) in [6.45, 7) is 6.57. The largest absolute Gasteiger partial charge is 0.461 e. The molecule has 0 aromatic carbocycles. The Morgan fingerprint density at radius 3 is 1.33 bits per heavy atom. The van der Waals surface area contributed by atoms with Crippen LogP contribution in [0, 0.1) is 10.8 Å². The third kappa shape index (κ3) is 8.19. The van der Waals surface area contributed by atoms with Gasteiger partial charge in [-0.3, -0.25) is 0 Å². The maximum absolute atomic E-state index is 11.7. The normalized spacial score (nSPS) is 11.8. The Labute approximate surface area is 158 Å². The lowest BCUT2D eigenvalue weighted by Crippen LogP contribution is -2.45. The number of hydrogen-bond donors (Lipinski definition) is 4. The Morgan fingerprint density at radius 1 is 0.704 bits per heavy atom. The first-order valence-electron chi connectivity index (χ1n) is 8.27. The SMILES string of the molecule is C=C(C)C(=O)OCC(CO)(COCC(CO)(CO)CO)COC(=O)C(=C)C. The van der Waals surface area contributed by atoms with Gasteiger partial charge in [-0.2, -0.15) is 0 Å². The van der Waals surface area contributed by atoms with Crippen LogP contribution in [0.15, 0.2) is 24.3 Å². The number of rotatable bonds is 14. The summed E-state index contributed by atoms with van der Waals surface area (Å²) in [5, 5.41) is 37.8. The van der Waals surface area contributed by atoms with Crippen molar-refractivity contribution < 1.29 is 44.2 Å². The fraction of sp³-hybridized carbons (Fsp3) is 0.667. The Hall–Kier alpha value is -1.78. The van der Waals surface area contributed by atoms with E-state index >= 15 is 0 Å². The van der Waals surface area contributed by atoms with Crippen molar-refractivity contribution in [3.63, 3.8) is 0 Å². The van der Waals surface area contributed by atoms with Gasteiger partial charge in [0.05, 0.1) is 50.5 Å². The molecule has 4 N–H and O–H groups in total. The summed E-state index contributed by atoms with van der Waals surface area (Å²) in [4.78, 5) is 23.3. The van der Waals surface area contributed by atoms with Crippen LogP contribution in [0.4, 0.5) is 0 Å². The topological polar surface area (TPSA) is 143 Å². The first kappa shape index (κ1) is 25.2. The quantitative estimate of drug-likeness (QED) is 0.221. The van der Waals surface area contributed by atoms with Gasteiger partial charge >= 0.3 is 11.9 Å². The standard InChI is InChI=1S/C18H30O9/c1-13(2)15(23)26-11-18(8-22,12-27-16(24)14(3)4)10-25-9-17(5-19,6-20)7-21/h19-22H,1,3,5-12H2,2,4H3. The van der Waals surface area contributed by atoms with Gasteiger partial charge < -0.3 is 34.6 Å². The molecular weight excluding hydrogens is 360 g/mol. The van der Waals surface area contributed by atoms with Gasteiger partial charge in [0.15, 0.2) is 0 Å². The Bertz CT molecular complexity index is 485. The smallest absolute Gasteiger partial charge is 0.333 e. The van der Waals surface area contributed by atoms with Crippen LogP contribution in [0.5, 0.6) is 0 Å². The summed E-state index contributed by atoms with van der Waals surface area (Å²) in [6.07, 6.45) is 0. The summed E-state index contributed by atoms with van der Waals surface area (Å²) in [6, 6.07) is 0. The van der Waals surface area contributed by atoms with E-state index in [9.17, 15) is 30.0 Å². The second kappa shape index (κ2) is 11.8. The number of hydrogen-bond acceptors (Lipinski definition) is 9. The highest BCUT2D eigenvalue weighted by atomic mass is 16.6. The van der Waals surface area contributed by atoms with Crippen molar-refractivity contribution in [1.82, 2.24) is 0 Å². The van der Waals surface area contributed by atoms with Crippen LogP contribution in [0.2, 0.25) is 0 Å². The van der Waals surface area contributed by atoms with E-state index in [4.69, 9.17) is 14.2 Å². The van der Waals surface area contributed by atoms with E-state index in [0.717, 1.165) is 0 Å². The molecule has 0 aliphatic carbocycles. The average Bonchev–Trinajstić information content (AvgIpc) is 2.66. The molecule has 0 amide bonds. The van der Waals surface area contributed by atoms with Crippen molar-refractivity contribution in [1.29, 1.82) is 0 Å². The van der Waals surface area contributed by atoms with Gasteiger partial charge in [-0.05, 0) is 13.8 Å². The van der Waals surface area contributed by atoms with Crippen LogP contribution in [0.3, 0.4) is 0 Å². The Morgan fingerprint density at radius 2 is 1.04 bits per heavy atom. The van der Waals surface area contributed by atoms with Crippen molar-refractivity contribution in [2.24, 2.45) is 10.8 Å². The van der Waals surface area contributed by atoms with Gasteiger partial charge in [-0.25, -0.2) is 9.59 Å². The zero-order valence-electron chi connectivity index (χ0n) is 15.9. The minimum atomic E-state index is -1.29. The molecule has 0 radical (unpaired) electrons. The number of carbonyl (C=O) groups excluding carboxylic acids is 2. The molecule has 0 bridgehead atoms. The van der Waals surface area contributed by atoms with Crippen LogP contribution in [-0.4, -0.2) is 85.2 Å². The first-order valence-corrected chi connectivity index (χ1v) is 8.27. The van der Waals surface area contributed by atoms with Crippen LogP contribution in [0.1, 0.15) is 13.8 Å². The lowest BCUT2D eigenvalue weighted by atomic mass is 9.90. The molecular formula is C18H30O9. The number of ether oxygens (including phenoxy) is 3. The van der Waals surface area contributed by atoms with Crippen LogP contribution < -0.4 is 0 Å². The lowest BCUT2D eigenvalue weighted by Gasteiger charge is -2.33. The number of esters is 2. The fourth-order valence-electron chi connectivity index (χ4n) is 1.72. The third-order valence-electron chi connectivity index (χ3n) is 3.87. The summed E-state index contributed by atoms with van der Waals surface area (Å²) < 4.78 is 15.6. The predicted octanol–water partition coefficient (Wildman–Crippen LogP) is -0.816. The van der Waals surface area contributed by atoms with Gasteiger partial charge in [0.1, 0.15) is 13.2 Å². The van der Waals surface area contributed by atoms with E-state index in [0.29, 0.717) is 0 Å². The van der Waals surface area contributed by atoms with Gasteiger partial charge in [-0.1, -0.05) is 13.2 Å². The molecule has 0 saturated heterocycles. The zero-order valence-corrected chi connectivity index (χ0v) is 15.9. The van der Waals surface area contributed by atoms with Gasteiger partial charge in [-0.15, -0.1) is 0 Å². The molecule has 156 valence electrons. The lowest BCUT2D eigenvalue weighted by molar-refractivity contribution is -0.158. The highest BCUT2D eigenvalue weighted by Gasteiger charge is 2.36. The summed E-state index contributed by atoms with van der Waals surface area (Å²) in [5.41, 5.74) is -2.25. The number of aliphatic hydroxyl groups excluding tert-OH is 4. The molecule has 0 aliphatic heterocycles. The fourth-order valence-corrected chi connectivity index (χ4v) is 1.72. The molecule has 0 saturated carbocycles. The highest BCUT2D eigenvalue weighted by Crippen LogP contribution is 2.23. The minimum Gasteiger partial charge on any atom is -0.461 e. The van der Waals surface area contributed by atoms with E-state index in [2.05, 4.69) is 13.2 Å². The number of aliphatic hydroxyl groups is 4. The summed E-state index contributed by atoms with van der Waals surface area (Å²) in [7, 11) is 0. The third-order valence-corrected chi connectivity index (χ3v) is 3.87. The molecule has 0 rings (SSSR count). The van der Waals surface area contributed by atoms with Gasteiger partial charge in [0.25, 0.3) is 0 Å². The van der Waals surface area contributed by atoms with Gasteiger partial charge in [0, 0.05) is 11.1 Å². The molecule has 0 aliphatic rings. The zero-order chi connectivity index (χ0) is 21.1. The molecule has 27 heavy (non-hydrogen) atoms. The maximum atomic E-state index is 11.7. The molecule has 0 fully saturated rings. The van der Waals surface area contributed by atoms with Crippen LogP contribution >= 0.6 is 0 Å². The van der Waals surface area contributed by atoms with E-state index in [1.165, 1.54) is 13.8 Å². The average molecular weight is 390 g/mol. The van der Waals surface area contributed by atoms with Gasteiger partial charge in [0.2, 0.25) is 0 Å². The van der Waals surface area contributed by atoms with E-state index < -0.39 is 49.2 Å².